The van der Waals surface area contributed by atoms with E-state index in [-0.39, 0.29) is 0 Å². The molecule has 1 heterocycles. The molecule has 0 aromatic carbocycles. The van der Waals surface area contributed by atoms with Crippen molar-refractivity contribution in [1.82, 2.24) is 9.78 Å². The monoisotopic (exact) mass is 228 g/mol. The van der Waals surface area contributed by atoms with Crippen molar-refractivity contribution in [3.8, 4) is 0 Å². The molecular weight excluding hydrogens is 225 g/mol. The van der Waals surface area contributed by atoms with Crippen molar-refractivity contribution in [2.75, 3.05) is 0 Å². The molecule has 0 aliphatic rings. The average Bonchev–Trinajstić information content (AvgIpc) is 2.24. The molecule has 0 saturated carbocycles. The number of halogens is 4. The van der Waals surface area contributed by atoms with Crippen molar-refractivity contribution >= 4 is 17.6 Å². The number of aromatic nitrogens is 2. The molecule has 4 nitrogen and oxygen atoms in total. The molecule has 0 spiro atoms. The normalized spacial score (nSPS) is 11.8. The van der Waals surface area contributed by atoms with E-state index in [0.29, 0.717) is 4.68 Å². The van der Waals surface area contributed by atoms with Gasteiger partial charge in [-0.15, -0.1) is 0 Å². The first-order chi connectivity index (χ1) is 6.25. The molecule has 0 unspecified atom stereocenters. The Labute approximate surface area is 80.9 Å². The highest BCUT2D eigenvalue weighted by Crippen LogP contribution is 2.35. The maximum absolute atomic E-state index is 12.2. The van der Waals surface area contributed by atoms with Gasteiger partial charge in [-0.1, -0.05) is 11.6 Å². The van der Waals surface area contributed by atoms with Crippen LogP contribution in [0, 0.1) is 0 Å². The van der Waals surface area contributed by atoms with E-state index in [0.717, 1.165) is 7.05 Å². The van der Waals surface area contributed by atoms with Gasteiger partial charge >= 0.3 is 12.1 Å². The predicted molar refractivity (Wildman–Crippen MR) is 40.2 cm³/mol. The van der Waals surface area contributed by atoms with Crippen LogP contribution < -0.4 is 0 Å². The minimum absolute atomic E-state index is 0.577. The number of alkyl halides is 3. The number of rotatable bonds is 1. The van der Waals surface area contributed by atoms with Gasteiger partial charge in [0.2, 0.25) is 0 Å². The molecule has 14 heavy (non-hydrogen) atoms. The van der Waals surface area contributed by atoms with Gasteiger partial charge in [0.05, 0.1) is 0 Å². The van der Waals surface area contributed by atoms with Crippen molar-refractivity contribution in [2.24, 2.45) is 7.05 Å². The molecule has 0 atom stereocenters. The molecule has 8 heteroatoms. The molecule has 1 rings (SSSR count). The number of carboxylic acid groups (broad SMARTS) is 1. The summed E-state index contributed by atoms with van der Waals surface area (Å²) in [5.41, 5.74) is -2.07. The Morgan fingerprint density at radius 2 is 2.07 bits per heavy atom. The first kappa shape index (κ1) is 10.8. The summed E-state index contributed by atoms with van der Waals surface area (Å²) in [5.74, 6) is -1.56. The topological polar surface area (TPSA) is 55.1 Å². The second-order valence-electron chi connectivity index (χ2n) is 2.44. The summed E-state index contributed by atoms with van der Waals surface area (Å²) in [7, 11) is 1.07. The zero-order valence-electron chi connectivity index (χ0n) is 6.76. The van der Waals surface area contributed by atoms with Gasteiger partial charge < -0.3 is 5.11 Å². The van der Waals surface area contributed by atoms with E-state index in [4.69, 9.17) is 16.7 Å². The summed E-state index contributed by atoms with van der Waals surface area (Å²) in [5, 5.41) is 10.6. The third kappa shape index (κ3) is 1.67. The summed E-state index contributed by atoms with van der Waals surface area (Å²) >= 11 is 5.23. The molecule has 0 aliphatic heterocycles. The van der Waals surface area contributed by atoms with Crippen LogP contribution in [0.25, 0.3) is 0 Å². The van der Waals surface area contributed by atoms with E-state index in [9.17, 15) is 18.0 Å². The molecule has 1 aromatic rings. The third-order valence-corrected chi connectivity index (χ3v) is 1.82. The maximum Gasteiger partial charge on any atom is 0.436 e. The summed E-state index contributed by atoms with van der Waals surface area (Å²) in [6, 6.07) is 0. The SMILES string of the molecule is Cn1nc(C(F)(F)F)c(Cl)c1C(=O)O. The van der Waals surface area contributed by atoms with Crippen molar-refractivity contribution in [3.05, 3.63) is 16.4 Å². The van der Waals surface area contributed by atoms with Crippen LogP contribution in [0.3, 0.4) is 0 Å². The van der Waals surface area contributed by atoms with Crippen molar-refractivity contribution in [3.63, 3.8) is 0 Å². The molecule has 0 radical (unpaired) electrons. The summed E-state index contributed by atoms with van der Waals surface area (Å²) < 4.78 is 37.0. The lowest BCUT2D eigenvalue weighted by atomic mass is 10.3. The second kappa shape index (κ2) is 3.16. The van der Waals surface area contributed by atoms with Gasteiger partial charge in [-0.2, -0.15) is 18.3 Å². The Morgan fingerprint density at radius 3 is 2.29 bits per heavy atom. The number of nitrogens with zero attached hydrogens (tertiary/aromatic N) is 2. The zero-order chi connectivity index (χ0) is 11.1. The molecule has 0 bridgehead atoms. The van der Waals surface area contributed by atoms with Crippen LogP contribution >= 0.6 is 11.6 Å². The van der Waals surface area contributed by atoms with Gasteiger partial charge in [0.25, 0.3) is 0 Å². The van der Waals surface area contributed by atoms with Gasteiger partial charge in [0, 0.05) is 7.05 Å². The van der Waals surface area contributed by atoms with Crippen LogP contribution in [-0.4, -0.2) is 20.9 Å². The minimum atomic E-state index is -4.75. The fourth-order valence-electron chi connectivity index (χ4n) is 0.912. The molecule has 0 aliphatic carbocycles. The highest BCUT2D eigenvalue weighted by molar-refractivity contribution is 6.34. The zero-order valence-corrected chi connectivity index (χ0v) is 7.52. The molecule has 78 valence electrons. The lowest BCUT2D eigenvalue weighted by Gasteiger charge is -2.00. The predicted octanol–water partition coefficient (Wildman–Crippen LogP) is 1.79. The van der Waals surface area contributed by atoms with E-state index in [1.165, 1.54) is 0 Å². The molecule has 0 saturated heterocycles. The minimum Gasteiger partial charge on any atom is -0.476 e. The number of hydrogen-bond acceptors (Lipinski definition) is 2. The lowest BCUT2D eigenvalue weighted by molar-refractivity contribution is -0.141. The van der Waals surface area contributed by atoms with Crippen molar-refractivity contribution in [1.29, 1.82) is 0 Å². The Balaban J connectivity index is 3.39. The number of carbonyl (C=O) groups is 1. The molecule has 1 N–H and O–H groups in total. The van der Waals surface area contributed by atoms with E-state index in [1.807, 2.05) is 0 Å². The molecule has 0 fully saturated rings. The smallest absolute Gasteiger partial charge is 0.436 e. The summed E-state index contributed by atoms with van der Waals surface area (Å²) in [4.78, 5) is 10.5. The Morgan fingerprint density at radius 1 is 1.57 bits per heavy atom. The van der Waals surface area contributed by atoms with Crippen LogP contribution in [0.15, 0.2) is 0 Å². The number of carboxylic acids is 1. The fraction of sp³-hybridized carbons (Fsp3) is 0.333. The Bertz CT molecular complexity index is 385. The number of hydrogen-bond donors (Lipinski definition) is 1. The van der Waals surface area contributed by atoms with Gasteiger partial charge in [-0.25, -0.2) is 4.79 Å². The largest absolute Gasteiger partial charge is 0.476 e. The van der Waals surface area contributed by atoms with Gasteiger partial charge in [0.1, 0.15) is 5.02 Å². The average molecular weight is 229 g/mol. The lowest BCUT2D eigenvalue weighted by Crippen LogP contribution is -2.07. The van der Waals surface area contributed by atoms with Crippen LogP contribution in [0.4, 0.5) is 13.2 Å². The molecule has 0 amide bonds. The number of aryl methyl sites for hydroxylation is 1. The van der Waals surface area contributed by atoms with Crippen LogP contribution in [0.2, 0.25) is 5.02 Å². The quantitative estimate of drug-likeness (QED) is 0.797. The summed E-state index contributed by atoms with van der Waals surface area (Å²) in [6.45, 7) is 0. The van der Waals surface area contributed by atoms with Crippen LogP contribution in [0.1, 0.15) is 16.2 Å². The Hall–Kier alpha value is -1.24. The third-order valence-electron chi connectivity index (χ3n) is 1.46. The first-order valence-electron chi connectivity index (χ1n) is 3.28. The van der Waals surface area contributed by atoms with E-state index in [1.54, 1.807) is 0 Å². The Kier molecular flexibility index (Phi) is 2.45. The standard InChI is InChI=1S/C6H4ClF3N2O2/c1-12-3(5(13)14)2(7)4(11-12)6(8,9)10/h1H3,(H,13,14). The van der Waals surface area contributed by atoms with E-state index in [2.05, 4.69) is 5.10 Å². The number of aromatic carboxylic acids is 1. The fourth-order valence-corrected chi connectivity index (χ4v) is 1.26. The highest BCUT2D eigenvalue weighted by atomic mass is 35.5. The molecule has 1 aromatic heterocycles. The van der Waals surface area contributed by atoms with Crippen LogP contribution in [0.5, 0.6) is 0 Å². The first-order valence-corrected chi connectivity index (χ1v) is 3.66. The van der Waals surface area contributed by atoms with Crippen molar-refractivity contribution in [2.45, 2.75) is 6.18 Å². The summed E-state index contributed by atoms with van der Waals surface area (Å²) in [6.07, 6.45) is -4.75. The van der Waals surface area contributed by atoms with E-state index < -0.39 is 28.6 Å². The second-order valence-corrected chi connectivity index (χ2v) is 2.82. The van der Waals surface area contributed by atoms with Gasteiger partial charge in [-0.3, -0.25) is 4.68 Å². The van der Waals surface area contributed by atoms with Crippen molar-refractivity contribution < 1.29 is 23.1 Å². The highest BCUT2D eigenvalue weighted by Gasteiger charge is 2.39. The van der Waals surface area contributed by atoms with E-state index >= 15 is 0 Å². The van der Waals surface area contributed by atoms with Gasteiger partial charge in [-0.05, 0) is 0 Å². The maximum atomic E-state index is 12.2. The van der Waals surface area contributed by atoms with Gasteiger partial charge in [0.15, 0.2) is 11.4 Å². The van der Waals surface area contributed by atoms with Crippen LogP contribution in [-0.2, 0) is 13.2 Å². The molecular formula is C6H4ClF3N2O2.